The highest BCUT2D eigenvalue weighted by molar-refractivity contribution is 5.93. The van der Waals surface area contributed by atoms with Gasteiger partial charge in [0.25, 0.3) is 0 Å². The second-order valence-electron chi connectivity index (χ2n) is 10.2. The summed E-state index contributed by atoms with van der Waals surface area (Å²) in [5.74, 6) is -4.12. The molecule has 2 fully saturated rings. The predicted octanol–water partition coefficient (Wildman–Crippen LogP) is 5.17. The summed E-state index contributed by atoms with van der Waals surface area (Å²) >= 11 is 0. The summed E-state index contributed by atoms with van der Waals surface area (Å²) in [6.07, 6.45) is 1.65. The van der Waals surface area contributed by atoms with Gasteiger partial charge in [-0.15, -0.1) is 0 Å². The minimum Gasteiger partial charge on any atom is -0.446 e. The largest absolute Gasteiger partial charge is 0.446 e. The summed E-state index contributed by atoms with van der Waals surface area (Å²) in [7, 11) is 0. The number of nitrogens with zero attached hydrogens (tertiary/aromatic N) is 2. The lowest BCUT2D eigenvalue weighted by Gasteiger charge is -2.32. The number of carbonyl (C=O) groups is 3. The van der Waals surface area contributed by atoms with Crippen LogP contribution in [0.5, 0.6) is 0 Å². The maximum absolute atomic E-state index is 13.7. The number of carbonyl (C=O) groups excluding carboxylic acids is 3. The second kappa shape index (κ2) is 12.5. The van der Waals surface area contributed by atoms with Crippen molar-refractivity contribution in [3.63, 3.8) is 0 Å². The number of piperidine rings is 1. The minimum atomic E-state index is -1.62. The lowest BCUT2D eigenvalue weighted by atomic mass is 9.89. The number of rotatable bonds is 8. The number of amides is 4. The Bertz CT molecular complexity index is 1190. The van der Waals surface area contributed by atoms with Gasteiger partial charge in [-0.25, -0.2) is 27.7 Å². The zero-order chi connectivity index (χ0) is 28.1. The van der Waals surface area contributed by atoms with Crippen molar-refractivity contribution < 1.29 is 32.3 Å². The van der Waals surface area contributed by atoms with Crippen molar-refractivity contribution in [3.8, 4) is 0 Å². The third-order valence-corrected chi connectivity index (χ3v) is 7.15. The molecule has 0 unspecified atom stereocenters. The van der Waals surface area contributed by atoms with Crippen LogP contribution < -0.4 is 10.6 Å². The number of hydrogen-bond donors (Lipinski definition) is 2. The van der Waals surface area contributed by atoms with E-state index in [-0.39, 0.29) is 24.0 Å². The van der Waals surface area contributed by atoms with Crippen LogP contribution in [0.4, 0.5) is 28.4 Å². The topological polar surface area (TPSA) is 91.0 Å². The predicted molar refractivity (Wildman–Crippen MR) is 139 cm³/mol. The summed E-state index contributed by atoms with van der Waals surface area (Å²) < 4.78 is 45.6. The van der Waals surface area contributed by atoms with E-state index in [0.717, 1.165) is 55.2 Å². The van der Waals surface area contributed by atoms with Gasteiger partial charge in [-0.1, -0.05) is 26.0 Å². The highest BCUT2D eigenvalue weighted by atomic mass is 19.2. The van der Waals surface area contributed by atoms with Gasteiger partial charge in [0.2, 0.25) is 5.91 Å². The molecule has 210 valence electrons. The highest BCUT2D eigenvalue weighted by Gasteiger charge is 2.39. The lowest BCUT2D eigenvalue weighted by molar-refractivity contribution is -0.118. The van der Waals surface area contributed by atoms with Crippen molar-refractivity contribution in [2.75, 3.05) is 38.1 Å². The average molecular weight is 547 g/mol. The smallest absolute Gasteiger partial charge is 0.418 e. The molecule has 2 saturated heterocycles. The van der Waals surface area contributed by atoms with E-state index < -0.39 is 35.6 Å². The van der Waals surface area contributed by atoms with Gasteiger partial charge in [-0.05, 0) is 80.2 Å². The quantitative estimate of drug-likeness (QED) is 0.352. The van der Waals surface area contributed by atoms with E-state index in [1.165, 1.54) is 5.56 Å². The molecule has 0 aromatic heterocycles. The Morgan fingerprint density at radius 1 is 1.05 bits per heavy atom. The molecule has 2 aromatic carbocycles. The van der Waals surface area contributed by atoms with Crippen LogP contribution in [0.25, 0.3) is 0 Å². The van der Waals surface area contributed by atoms with Crippen molar-refractivity contribution >= 4 is 23.7 Å². The molecule has 1 atom stereocenters. The molecule has 4 rings (SSSR count). The normalized spacial score (nSPS) is 18.4. The standard InChI is InChI=1S/C28H33F3N4O4/c1-17(2)26(36)33-21-6-3-5-19(13-21)18-7-11-34(12-8-18)10-4-9-32-27(37)35-24(16-39-28(35)38)20-14-22(29)25(31)23(30)15-20/h3,5-6,13-15,17-18,24H,4,7-12,16H2,1-2H3,(H,32,37)(H,33,36)/t24-/m1/s1. The van der Waals surface area contributed by atoms with Gasteiger partial charge in [0.1, 0.15) is 12.6 Å². The summed E-state index contributed by atoms with van der Waals surface area (Å²) in [4.78, 5) is 39.9. The first-order valence-corrected chi connectivity index (χ1v) is 13.2. The minimum absolute atomic E-state index is 0.00976. The Morgan fingerprint density at radius 2 is 1.74 bits per heavy atom. The molecule has 0 spiro atoms. The fourth-order valence-electron chi connectivity index (χ4n) is 4.89. The van der Waals surface area contributed by atoms with Crippen LogP contribution in [-0.2, 0) is 9.53 Å². The van der Waals surface area contributed by atoms with E-state index in [0.29, 0.717) is 18.9 Å². The van der Waals surface area contributed by atoms with Crippen LogP contribution in [0.3, 0.4) is 0 Å². The molecule has 2 aliphatic rings. The molecule has 0 aliphatic carbocycles. The zero-order valence-corrected chi connectivity index (χ0v) is 22.0. The monoisotopic (exact) mass is 546 g/mol. The maximum Gasteiger partial charge on any atom is 0.418 e. The molecule has 0 saturated carbocycles. The van der Waals surface area contributed by atoms with Crippen molar-refractivity contribution in [2.24, 2.45) is 5.92 Å². The van der Waals surface area contributed by atoms with Crippen molar-refractivity contribution in [3.05, 3.63) is 65.0 Å². The number of anilines is 1. The fraction of sp³-hybridized carbons (Fsp3) is 0.464. The van der Waals surface area contributed by atoms with E-state index in [9.17, 15) is 27.6 Å². The number of ether oxygens (including phenoxy) is 1. The SMILES string of the molecule is CC(C)C(=O)Nc1cccc(C2CCN(CCCNC(=O)N3C(=O)OC[C@@H]3c3cc(F)c(F)c(F)c3)CC2)c1. The summed E-state index contributed by atoms with van der Waals surface area (Å²) in [5.41, 5.74) is 1.95. The van der Waals surface area contributed by atoms with Gasteiger partial charge < -0.3 is 20.3 Å². The molecule has 39 heavy (non-hydrogen) atoms. The van der Waals surface area contributed by atoms with E-state index in [1.807, 2.05) is 32.0 Å². The number of imide groups is 1. The number of nitrogens with one attached hydrogen (secondary N) is 2. The fourth-order valence-corrected chi connectivity index (χ4v) is 4.89. The number of cyclic esters (lactones) is 1. The Kier molecular flexibility index (Phi) is 9.11. The third kappa shape index (κ3) is 6.89. The summed E-state index contributed by atoms with van der Waals surface area (Å²) in [6, 6.07) is 7.71. The second-order valence-corrected chi connectivity index (χ2v) is 10.2. The first-order valence-electron chi connectivity index (χ1n) is 13.2. The van der Waals surface area contributed by atoms with Crippen LogP contribution in [0.2, 0.25) is 0 Å². The number of hydrogen-bond acceptors (Lipinski definition) is 5. The first-order chi connectivity index (χ1) is 18.6. The van der Waals surface area contributed by atoms with Crippen molar-refractivity contribution in [2.45, 2.75) is 45.1 Å². The van der Waals surface area contributed by atoms with Gasteiger partial charge in [-0.3, -0.25) is 4.79 Å². The van der Waals surface area contributed by atoms with Gasteiger partial charge in [0.05, 0.1) is 0 Å². The molecule has 8 nitrogen and oxygen atoms in total. The van der Waals surface area contributed by atoms with Gasteiger partial charge in [0.15, 0.2) is 17.5 Å². The van der Waals surface area contributed by atoms with E-state index in [1.54, 1.807) is 0 Å². The van der Waals surface area contributed by atoms with E-state index in [4.69, 9.17) is 4.74 Å². The molecule has 4 amide bonds. The maximum atomic E-state index is 13.7. The molecule has 2 aliphatic heterocycles. The molecule has 0 bridgehead atoms. The molecule has 2 aromatic rings. The number of halogens is 3. The molecular weight excluding hydrogens is 513 g/mol. The van der Waals surface area contributed by atoms with Crippen LogP contribution in [0, 0.1) is 23.4 Å². The van der Waals surface area contributed by atoms with Gasteiger partial charge >= 0.3 is 12.1 Å². The molecule has 2 N–H and O–H groups in total. The third-order valence-electron chi connectivity index (χ3n) is 7.15. The average Bonchev–Trinajstić information content (AvgIpc) is 3.31. The van der Waals surface area contributed by atoms with Crippen molar-refractivity contribution in [1.82, 2.24) is 15.1 Å². The molecule has 11 heteroatoms. The zero-order valence-electron chi connectivity index (χ0n) is 22.0. The van der Waals surface area contributed by atoms with E-state index >= 15 is 0 Å². The van der Waals surface area contributed by atoms with Crippen LogP contribution in [-0.4, -0.2) is 60.6 Å². The van der Waals surface area contributed by atoms with Crippen LogP contribution in [0.1, 0.15) is 56.2 Å². The highest BCUT2D eigenvalue weighted by Crippen LogP contribution is 2.31. The van der Waals surface area contributed by atoms with Gasteiger partial charge in [0, 0.05) is 18.2 Å². The summed E-state index contributed by atoms with van der Waals surface area (Å²) in [5, 5.41) is 5.61. The Hall–Kier alpha value is -3.60. The Labute approximate surface area is 225 Å². The lowest BCUT2D eigenvalue weighted by Crippen LogP contribution is -2.43. The molecule has 2 heterocycles. The van der Waals surface area contributed by atoms with E-state index in [2.05, 4.69) is 21.6 Å². The molecule has 0 radical (unpaired) electrons. The molecular formula is C28H33F3N4O4. The number of likely N-dealkylation sites (tertiary alicyclic amines) is 1. The van der Waals surface area contributed by atoms with Crippen molar-refractivity contribution in [1.29, 1.82) is 0 Å². The number of benzene rings is 2. The Morgan fingerprint density at radius 3 is 2.41 bits per heavy atom. The summed E-state index contributed by atoms with van der Waals surface area (Å²) in [6.45, 7) is 6.26. The number of urea groups is 1. The van der Waals surface area contributed by atoms with Crippen LogP contribution >= 0.6 is 0 Å². The van der Waals surface area contributed by atoms with Crippen LogP contribution in [0.15, 0.2) is 36.4 Å². The van der Waals surface area contributed by atoms with Gasteiger partial charge in [-0.2, -0.15) is 0 Å². The first kappa shape index (κ1) is 28.4. The Balaban J connectivity index is 1.22.